The summed E-state index contributed by atoms with van der Waals surface area (Å²) in [7, 11) is 2.06. The van der Waals surface area contributed by atoms with Gasteiger partial charge in [-0.05, 0) is 42.9 Å². The number of aromatic nitrogens is 1. The van der Waals surface area contributed by atoms with Gasteiger partial charge in [-0.3, -0.25) is 0 Å². The lowest BCUT2D eigenvalue weighted by Crippen LogP contribution is -2.34. The van der Waals surface area contributed by atoms with Crippen LogP contribution in [0, 0.1) is 6.92 Å². The third kappa shape index (κ3) is 4.56. The zero-order valence-corrected chi connectivity index (χ0v) is 13.3. The molecule has 0 aromatic carbocycles. The van der Waals surface area contributed by atoms with Gasteiger partial charge in [-0.25, -0.2) is 9.78 Å². The van der Waals surface area contributed by atoms with E-state index in [9.17, 15) is 4.79 Å². The number of anilines is 1. The minimum atomic E-state index is -0.949. The fourth-order valence-corrected chi connectivity index (χ4v) is 2.93. The molecule has 1 N–H and O–H groups in total. The second-order valence-corrected chi connectivity index (χ2v) is 5.62. The smallest absolute Gasteiger partial charge is 0.328 e. The molecule has 0 saturated carbocycles. The maximum absolute atomic E-state index is 10.5. The highest BCUT2D eigenvalue weighted by molar-refractivity contribution is 7.98. The standard InChI is InChI=1S/C15H22N2O2S/c1-5-13(10-20-4)17(3)15-11(2)8-12(9-16-15)6-7-14(18)19/h6-9,13H,5,10H2,1-4H3,(H,18,19)/b7-6+. The molecule has 1 aromatic heterocycles. The van der Waals surface area contributed by atoms with Gasteiger partial charge in [-0.2, -0.15) is 11.8 Å². The number of carboxylic acid groups (broad SMARTS) is 1. The first-order valence-electron chi connectivity index (χ1n) is 6.59. The van der Waals surface area contributed by atoms with E-state index in [1.165, 1.54) is 0 Å². The van der Waals surface area contributed by atoms with Crippen LogP contribution in [0.3, 0.4) is 0 Å². The number of nitrogens with zero attached hydrogens (tertiary/aromatic N) is 2. The summed E-state index contributed by atoms with van der Waals surface area (Å²) in [5, 5.41) is 8.63. The third-order valence-electron chi connectivity index (χ3n) is 3.20. The predicted molar refractivity (Wildman–Crippen MR) is 86.5 cm³/mol. The second kappa shape index (κ2) is 7.94. The van der Waals surface area contributed by atoms with E-state index in [-0.39, 0.29) is 0 Å². The van der Waals surface area contributed by atoms with Crippen molar-refractivity contribution in [2.45, 2.75) is 26.3 Å². The van der Waals surface area contributed by atoms with Crippen LogP contribution in [0.2, 0.25) is 0 Å². The molecule has 0 amide bonds. The molecule has 20 heavy (non-hydrogen) atoms. The van der Waals surface area contributed by atoms with Crippen molar-refractivity contribution in [1.82, 2.24) is 4.98 Å². The second-order valence-electron chi connectivity index (χ2n) is 4.71. The van der Waals surface area contributed by atoms with Crippen molar-refractivity contribution in [2.75, 3.05) is 24.0 Å². The Hall–Kier alpha value is -1.49. The van der Waals surface area contributed by atoms with Gasteiger partial charge in [-0.1, -0.05) is 6.92 Å². The van der Waals surface area contributed by atoms with Crippen molar-refractivity contribution < 1.29 is 9.90 Å². The van der Waals surface area contributed by atoms with E-state index in [2.05, 4.69) is 30.1 Å². The quantitative estimate of drug-likeness (QED) is 0.783. The van der Waals surface area contributed by atoms with Gasteiger partial charge in [0.1, 0.15) is 5.82 Å². The highest BCUT2D eigenvalue weighted by atomic mass is 32.2. The van der Waals surface area contributed by atoms with Gasteiger partial charge in [0, 0.05) is 31.1 Å². The molecule has 0 aliphatic heterocycles. The largest absolute Gasteiger partial charge is 0.478 e. The molecule has 0 aliphatic carbocycles. The molecule has 1 heterocycles. The molecule has 1 unspecified atom stereocenters. The summed E-state index contributed by atoms with van der Waals surface area (Å²) in [4.78, 5) is 17.2. The SMILES string of the molecule is CCC(CSC)N(C)c1ncc(/C=C/C(=O)O)cc1C. The first-order valence-corrected chi connectivity index (χ1v) is 7.98. The van der Waals surface area contributed by atoms with E-state index in [0.29, 0.717) is 6.04 Å². The lowest BCUT2D eigenvalue weighted by atomic mass is 10.1. The number of carboxylic acids is 1. The van der Waals surface area contributed by atoms with Gasteiger partial charge in [0.25, 0.3) is 0 Å². The van der Waals surface area contributed by atoms with Crippen molar-refractivity contribution >= 4 is 29.6 Å². The number of hydrogen-bond acceptors (Lipinski definition) is 4. The monoisotopic (exact) mass is 294 g/mol. The lowest BCUT2D eigenvalue weighted by Gasteiger charge is -2.29. The molecule has 0 spiro atoms. The van der Waals surface area contributed by atoms with Crippen LogP contribution < -0.4 is 4.90 Å². The minimum Gasteiger partial charge on any atom is -0.478 e. The van der Waals surface area contributed by atoms with Crippen LogP contribution in [-0.2, 0) is 4.79 Å². The number of aliphatic carboxylic acids is 1. The predicted octanol–water partition coefficient (Wildman–Crippen LogP) is 3.07. The van der Waals surface area contributed by atoms with E-state index in [0.717, 1.165) is 35.2 Å². The molecule has 0 fully saturated rings. The van der Waals surface area contributed by atoms with Crippen LogP contribution in [-0.4, -0.2) is 41.2 Å². The summed E-state index contributed by atoms with van der Waals surface area (Å²) >= 11 is 1.83. The highest BCUT2D eigenvalue weighted by Gasteiger charge is 2.15. The van der Waals surface area contributed by atoms with Crippen molar-refractivity contribution in [1.29, 1.82) is 0 Å². The number of hydrogen-bond donors (Lipinski definition) is 1. The van der Waals surface area contributed by atoms with E-state index in [4.69, 9.17) is 5.11 Å². The fourth-order valence-electron chi connectivity index (χ4n) is 2.09. The number of thioether (sulfide) groups is 1. The molecule has 1 aromatic rings. The number of pyridine rings is 1. The van der Waals surface area contributed by atoms with E-state index in [1.54, 1.807) is 12.3 Å². The highest BCUT2D eigenvalue weighted by Crippen LogP contribution is 2.21. The zero-order chi connectivity index (χ0) is 15.1. The van der Waals surface area contributed by atoms with Crippen LogP contribution in [0.25, 0.3) is 6.08 Å². The van der Waals surface area contributed by atoms with Gasteiger partial charge in [0.15, 0.2) is 0 Å². The normalized spacial score (nSPS) is 12.6. The molecular weight excluding hydrogens is 272 g/mol. The Labute approximate surface area is 124 Å². The van der Waals surface area contributed by atoms with Crippen LogP contribution >= 0.6 is 11.8 Å². The van der Waals surface area contributed by atoms with Gasteiger partial charge < -0.3 is 10.0 Å². The summed E-state index contributed by atoms with van der Waals surface area (Å²) in [6.45, 7) is 4.18. The van der Waals surface area contributed by atoms with Crippen LogP contribution in [0.15, 0.2) is 18.3 Å². The average molecular weight is 294 g/mol. The minimum absolute atomic E-state index is 0.455. The van der Waals surface area contributed by atoms with Crippen molar-refractivity contribution in [3.8, 4) is 0 Å². The summed E-state index contributed by atoms with van der Waals surface area (Å²) in [6, 6.07) is 2.42. The third-order valence-corrected chi connectivity index (χ3v) is 3.92. The number of rotatable bonds is 7. The summed E-state index contributed by atoms with van der Waals surface area (Å²) in [6.07, 6.45) is 7.58. The van der Waals surface area contributed by atoms with E-state index < -0.39 is 5.97 Å². The Morgan fingerprint density at radius 1 is 1.60 bits per heavy atom. The molecule has 5 heteroatoms. The molecule has 110 valence electrons. The topological polar surface area (TPSA) is 53.4 Å². The van der Waals surface area contributed by atoms with Crippen molar-refractivity contribution in [2.24, 2.45) is 0 Å². The van der Waals surface area contributed by atoms with Gasteiger partial charge in [0.05, 0.1) is 0 Å². The first kappa shape index (κ1) is 16.6. The maximum atomic E-state index is 10.5. The molecule has 0 aliphatic rings. The van der Waals surface area contributed by atoms with Gasteiger partial charge in [-0.15, -0.1) is 0 Å². The Morgan fingerprint density at radius 3 is 2.80 bits per heavy atom. The zero-order valence-electron chi connectivity index (χ0n) is 12.5. The van der Waals surface area contributed by atoms with Crippen molar-refractivity contribution in [3.63, 3.8) is 0 Å². The molecule has 0 saturated heterocycles. The molecular formula is C15H22N2O2S. The number of aryl methyl sites for hydroxylation is 1. The Bertz CT molecular complexity index is 489. The molecule has 1 atom stereocenters. The van der Waals surface area contributed by atoms with E-state index >= 15 is 0 Å². The molecule has 1 rings (SSSR count). The fraction of sp³-hybridized carbons (Fsp3) is 0.467. The van der Waals surface area contributed by atoms with Gasteiger partial charge >= 0.3 is 5.97 Å². The summed E-state index contributed by atoms with van der Waals surface area (Å²) in [5.41, 5.74) is 1.86. The van der Waals surface area contributed by atoms with Crippen molar-refractivity contribution in [3.05, 3.63) is 29.5 Å². The molecule has 0 bridgehead atoms. The van der Waals surface area contributed by atoms with E-state index in [1.807, 2.05) is 24.8 Å². The van der Waals surface area contributed by atoms with Gasteiger partial charge in [0.2, 0.25) is 0 Å². The lowest BCUT2D eigenvalue weighted by molar-refractivity contribution is -0.131. The first-order chi connectivity index (χ1) is 9.49. The molecule has 0 radical (unpaired) electrons. The summed E-state index contributed by atoms with van der Waals surface area (Å²) in [5.74, 6) is 1.07. The Kier molecular flexibility index (Phi) is 6.58. The maximum Gasteiger partial charge on any atom is 0.328 e. The van der Waals surface area contributed by atoms with Crippen LogP contribution in [0.1, 0.15) is 24.5 Å². The van der Waals surface area contributed by atoms with Crippen LogP contribution in [0.5, 0.6) is 0 Å². The summed E-state index contributed by atoms with van der Waals surface area (Å²) < 4.78 is 0. The Morgan fingerprint density at radius 2 is 2.30 bits per heavy atom. The van der Waals surface area contributed by atoms with Crippen LogP contribution in [0.4, 0.5) is 5.82 Å². The Balaban J connectivity index is 2.94. The molecule has 4 nitrogen and oxygen atoms in total. The average Bonchev–Trinajstić information content (AvgIpc) is 2.42. The number of carbonyl (C=O) groups is 1.